The van der Waals surface area contributed by atoms with E-state index in [9.17, 15) is 9.59 Å². The van der Waals surface area contributed by atoms with E-state index >= 15 is 0 Å². The molecule has 178 valence electrons. The monoisotopic (exact) mass is 461 g/mol. The van der Waals surface area contributed by atoms with Gasteiger partial charge in [0.2, 0.25) is 12.7 Å². The van der Waals surface area contributed by atoms with Gasteiger partial charge >= 0.3 is 0 Å². The van der Waals surface area contributed by atoms with E-state index in [-0.39, 0.29) is 18.6 Å². The Morgan fingerprint density at radius 2 is 1.76 bits per heavy atom. The minimum Gasteiger partial charge on any atom is -0.454 e. The maximum absolute atomic E-state index is 13.3. The molecule has 0 aliphatic carbocycles. The maximum atomic E-state index is 13.3. The van der Waals surface area contributed by atoms with Gasteiger partial charge in [0.1, 0.15) is 0 Å². The number of fused-ring (bicyclic) bond motifs is 2. The van der Waals surface area contributed by atoms with Crippen LogP contribution in [0.2, 0.25) is 0 Å². The number of nitrogens with one attached hydrogen (secondary N) is 1. The second-order valence-electron chi connectivity index (χ2n) is 9.34. The average Bonchev–Trinajstić information content (AvgIpc) is 3.31. The van der Waals surface area contributed by atoms with Crippen LogP contribution in [0.5, 0.6) is 11.5 Å². The van der Waals surface area contributed by atoms with E-state index < -0.39 is 0 Å². The molecule has 1 N–H and O–H groups in total. The molecule has 7 nitrogen and oxygen atoms in total. The lowest BCUT2D eigenvalue weighted by atomic mass is 9.94. The summed E-state index contributed by atoms with van der Waals surface area (Å²) in [7, 11) is 0. The lowest BCUT2D eigenvalue weighted by molar-refractivity contribution is -0.128. The van der Waals surface area contributed by atoms with Crippen LogP contribution in [0.25, 0.3) is 0 Å². The summed E-state index contributed by atoms with van der Waals surface area (Å²) in [5, 5.41) is 2.92. The summed E-state index contributed by atoms with van der Waals surface area (Å²) in [4.78, 5) is 29.9. The van der Waals surface area contributed by atoms with Crippen LogP contribution in [0.4, 0.5) is 5.69 Å². The Kier molecular flexibility index (Phi) is 6.28. The number of amides is 2. The summed E-state index contributed by atoms with van der Waals surface area (Å²) in [6, 6.07) is 9.88. The van der Waals surface area contributed by atoms with Crippen molar-refractivity contribution in [1.82, 2.24) is 9.80 Å². The van der Waals surface area contributed by atoms with Gasteiger partial charge in [0.05, 0.1) is 0 Å². The molecule has 0 atom stereocenters. The van der Waals surface area contributed by atoms with Gasteiger partial charge in [0.25, 0.3) is 5.91 Å². The van der Waals surface area contributed by atoms with E-state index in [2.05, 4.69) is 42.3 Å². The van der Waals surface area contributed by atoms with Crippen molar-refractivity contribution in [2.75, 3.05) is 38.3 Å². The summed E-state index contributed by atoms with van der Waals surface area (Å²) < 4.78 is 10.7. The van der Waals surface area contributed by atoms with Gasteiger partial charge in [0.15, 0.2) is 11.5 Å². The fraction of sp³-hybridized carbons (Fsp3) is 0.407. The molecular weight excluding hydrogens is 430 g/mol. The van der Waals surface area contributed by atoms with Gasteiger partial charge in [0, 0.05) is 56.5 Å². The zero-order valence-electron chi connectivity index (χ0n) is 19.9. The molecule has 0 unspecified atom stereocenters. The molecule has 0 aromatic heterocycles. The quantitative estimate of drug-likeness (QED) is 0.737. The van der Waals surface area contributed by atoms with Gasteiger partial charge in [-0.3, -0.25) is 14.5 Å². The lowest BCUT2D eigenvalue weighted by Crippen LogP contribution is -2.41. The molecule has 0 fully saturated rings. The van der Waals surface area contributed by atoms with Crippen LogP contribution in [-0.4, -0.2) is 54.6 Å². The minimum absolute atomic E-state index is 0.0559. The first-order valence-electron chi connectivity index (χ1n) is 12.0. The summed E-state index contributed by atoms with van der Waals surface area (Å²) in [6.45, 7) is 7.96. The number of ether oxygens (including phenoxy) is 2. The number of benzene rings is 2. The predicted molar refractivity (Wildman–Crippen MR) is 130 cm³/mol. The number of rotatable bonds is 5. The zero-order chi connectivity index (χ0) is 23.7. The molecule has 2 aromatic rings. The number of aryl methyl sites for hydroxylation is 2. The van der Waals surface area contributed by atoms with E-state index in [1.165, 1.54) is 22.3 Å². The van der Waals surface area contributed by atoms with Crippen LogP contribution in [0.3, 0.4) is 0 Å². The third kappa shape index (κ3) is 4.80. The van der Waals surface area contributed by atoms with Gasteiger partial charge in [-0.2, -0.15) is 0 Å². The Labute approximate surface area is 200 Å². The van der Waals surface area contributed by atoms with E-state index in [0.29, 0.717) is 43.2 Å². The normalized spacial score (nSPS) is 17.2. The van der Waals surface area contributed by atoms with E-state index in [1.54, 1.807) is 12.1 Å². The van der Waals surface area contributed by atoms with E-state index in [4.69, 9.17) is 9.47 Å². The molecule has 0 saturated carbocycles. The molecule has 3 heterocycles. The lowest BCUT2D eigenvalue weighted by Gasteiger charge is -2.33. The van der Waals surface area contributed by atoms with Crippen molar-refractivity contribution in [3.8, 4) is 11.5 Å². The van der Waals surface area contributed by atoms with Gasteiger partial charge in [-0.25, -0.2) is 0 Å². The third-order valence-corrected chi connectivity index (χ3v) is 6.93. The van der Waals surface area contributed by atoms with Gasteiger partial charge in [-0.1, -0.05) is 18.2 Å². The number of anilines is 1. The highest BCUT2D eigenvalue weighted by Gasteiger charge is 2.26. The highest BCUT2D eigenvalue weighted by atomic mass is 16.7. The van der Waals surface area contributed by atoms with E-state index in [1.807, 2.05) is 11.0 Å². The number of carbonyl (C=O) groups excluding carboxylic acids is 2. The molecule has 0 saturated heterocycles. The largest absolute Gasteiger partial charge is 0.454 e. The molecular formula is C27H31N3O4. The fourth-order valence-electron chi connectivity index (χ4n) is 4.84. The molecule has 7 heteroatoms. The summed E-state index contributed by atoms with van der Waals surface area (Å²) in [6.07, 6.45) is 4.17. The molecule has 3 aliphatic heterocycles. The highest BCUT2D eigenvalue weighted by Crippen LogP contribution is 2.34. The SMILES string of the molecule is Cc1cc2c(cc1C)CN(C(=O)C1=CCCN(CCC(=O)Nc3ccc4c(c3)OCO4)C1)CC2. The Bertz CT molecular complexity index is 1160. The number of nitrogens with zero attached hydrogens (tertiary/aromatic N) is 2. The Hall–Kier alpha value is -3.32. The first kappa shape index (κ1) is 22.5. The highest BCUT2D eigenvalue weighted by molar-refractivity contribution is 5.94. The average molecular weight is 462 g/mol. The molecule has 34 heavy (non-hydrogen) atoms. The van der Waals surface area contributed by atoms with Crippen molar-refractivity contribution < 1.29 is 19.1 Å². The van der Waals surface area contributed by atoms with Crippen LogP contribution in [-0.2, 0) is 22.6 Å². The minimum atomic E-state index is -0.0559. The number of carbonyl (C=O) groups is 2. The van der Waals surface area contributed by atoms with Gasteiger partial charge < -0.3 is 19.7 Å². The van der Waals surface area contributed by atoms with Crippen molar-refractivity contribution >= 4 is 17.5 Å². The Morgan fingerprint density at radius 3 is 2.62 bits per heavy atom. The third-order valence-electron chi connectivity index (χ3n) is 6.93. The van der Waals surface area contributed by atoms with Crippen LogP contribution >= 0.6 is 0 Å². The van der Waals surface area contributed by atoms with Crippen LogP contribution in [0.15, 0.2) is 42.0 Å². The molecule has 0 radical (unpaired) electrons. The fourth-order valence-corrected chi connectivity index (χ4v) is 4.84. The molecule has 5 rings (SSSR count). The summed E-state index contributed by atoms with van der Waals surface area (Å²) in [5.41, 5.74) is 6.74. The first-order chi connectivity index (χ1) is 16.5. The molecule has 0 spiro atoms. The predicted octanol–water partition coefficient (Wildman–Crippen LogP) is 3.58. The van der Waals surface area contributed by atoms with Crippen molar-refractivity contribution in [3.05, 3.63) is 64.2 Å². The van der Waals surface area contributed by atoms with Crippen LogP contribution in [0, 0.1) is 13.8 Å². The van der Waals surface area contributed by atoms with Crippen molar-refractivity contribution in [2.45, 2.75) is 39.7 Å². The molecule has 2 aromatic carbocycles. The second-order valence-corrected chi connectivity index (χ2v) is 9.34. The zero-order valence-corrected chi connectivity index (χ0v) is 19.9. The van der Waals surface area contributed by atoms with E-state index in [0.717, 1.165) is 31.5 Å². The summed E-state index contributed by atoms with van der Waals surface area (Å²) >= 11 is 0. The first-order valence-corrected chi connectivity index (χ1v) is 12.0. The molecule has 0 bridgehead atoms. The van der Waals surface area contributed by atoms with Crippen molar-refractivity contribution in [2.24, 2.45) is 0 Å². The molecule has 3 aliphatic rings. The van der Waals surface area contributed by atoms with Crippen LogP contribution < -0.4 is 14.8 Å². The Morgan fingerprint density at radius 1 is 0.971 bits per heavy atom. The van der Waals surface area contributed by atoms with Crippen LogP contribution in [0.1, 0.15) is 35.1 Å². The summed E-state index contributed by atoms with van der Waals surface area (Å²) in [5.74, 6) is 1.41. The van der Waals surface area contributed by atoms with Gasteiger partial charge in [-0.15, -0.1) is 0 Å². The van der Waals surface area contributed by atoms with Gasteiger partial charge in [-0.05, 0) is 61.1 Å². The second kappa shape index (κ2) is 9.50. The van der Waals surface area contributed by atoms with Crippen molar-refractivity contribution in [3.63, 3.8) is 0 Å². The topological polar surface area (TPSA) is 71.1 Å². The molecule has 2 amide bonds. The maximum Gasteiger partial charge on any atom is 0.251 e. The Balaban J connectivity index is 1.13. The number of hydrogen-bond donors (Lipinski definition) is 1. The smallest absolute Gasteiger partial charge is 0.251 e. The number of hydrogen-bond acceptors (Lipinski definition) is 5. The van der Waals surface area contributed by atoms with Crippen molar-refractivity contribution in [1.29, 1.82) is 0 Å². The standard InChI is InChI=1S/C27H31N3O4/c1-18-12-20-7-11-30(16-22(20)13-19(18)2)27(32)21-4-3-9-29(15-21)10-8-26(31)28-23-5-6-24-25(14-23)34-17-33-24/h4-6,12-14H,3,7-11,15-17H2,1-2H3,(H,28,31).